The maximum atomic E-state index is 13.4. The molecule has 36 heavy (non-hydrogen) atoms. The number of hydrogen-bond donors (Lipinski definition) is 0. The van der Waals surface area contributed by atoms with Crippen LogP contribution in [0.15, 0.2) is 54.6 Å². The van der Waals surface area contributed by atoms with Gasteiger partial charge in [-0.2, -0.15) is 13.2 Å². The zero-order valence-corrected chi connectivity index (χ0v) is 21.5. The summed E-state index contributed by atoms with van der Waals surface area (Å²) in [6, 6.07) is 16.1. The first-order chi connectivity index (χ1) is 16.8. The van der Waals surface area contributed by atoms with E-state index in [2.05, 4.69) is 57.2 Å². The summed E-state index contributed by atoms with van der Waals surface area (Å²) in [4.78, 5) is 14.6. The van der Waals surface area contributed by atoms with Crippen LogP contribution >= 0.6 is 0 Å². The molecule has 0 spiro atoms. The normalized spacial score (nSPS) is 18.2. The Hall–Kier alpha value is -3.28. The number of carbonyl (C=O) groups is 1. The SMILES string of the molecule is Cc1cc([C@H]2OC(=O)N(Cc3cc(C)ccc3-c3cc(C(C)C)ccc3C)[C@H]2C)cc(C(F)(F)F)c1. The molecular formula is C30H32F3NO2. The average molecular weight is 496 g/mol. The van der Waals surface area contributed by atoms with Gasteiger partial charge in [0.05, 0.1) is 18.2 Å². The van der Waals surface area contributed by atoms with Crippen molar-refractivity contribution in [2.45, 2.75) is 72.3 Å². The van der Waals surface area contributed by atoms with E-state index in [4.69, 9.17) is 4.74 Å². The molecule has 6 heteroatoms. The largest absolute Gasteiger partial charge is 0.439 e. The Morgan fingerprint density at radius 3 is 2.31 bits per heavy atom. The number of alkyl halides is 3. The van der Waals surface area contributed by atoms with Gasteiger partial charge in [-0.05, 0) is 79.1 Å². The molecular weight excluding hydrogens is 463 g/mol. The first-order valence-electron chi connectivity index (χ1n) is 12.2. The Morgan fingerprint density at radius 1 is 0.917 bits per heavy atom. The Bertz CT molecular complexity index is 1300. The lowest BCUT2D eigenvalue weighted by atomic mass is 9.90. The molecule has 0 radical (unpaired) electrons. The summed E-state index contributed by atoms with van der Waals surface area (Å²) in [7, 11) is 0. The average Bonchev–Trinajstić information content (AvgIpc) is 3.07. The van der Waals surface area contributed by atoms with Gasteiger partial charge in [0.15, 0.2) is 0 Å². The van der Waals surface area contributed by atoms with Gasteiger partial charge in [0.25, 0.3) is 0 Å². The van der Waals surface area contributed by atoms with Gasteiger partial charge in [-0.15, -0.1) is 0 Å². The molecule has 1 aliphatic rings. The molecule has 3 aromatic carbocycles. The fourth-order valence-corrected chi connectivity index (χ4v) is 4.89. The van der Waals surface area contributed by atoms with E-state index in [0.717, 1.165) is 39.9 Å². The molecule has 1 aliphatic heterocycles. The molecule has 3 nitrogen and oxygen atoms in total. The van der Waals surface area contributed by atoms with Gasteiger partial charge in [-0.3, -0.25) is 4.90 Å². The summed E-state index contributed by atoms with van der Waals surface area (Å²) in [5.41, 5.74) is 6.66. The van der Waals surface area contributed by atoms with E-state index >= 15 is 0 Å². The summed E-state index contributed by atoms with van der Waals surface area (Å²) in [5.74, 6) is 0.378. The first-order valence-corrected chi connectivity index (χ1v) is 12.2. The number of halogens is 3. The minimum absolute atomic E-state index is 0.302. The van der Waals surface area contributed by atoms with Crippen LogP contribution in [0.3, 0.4) is 0 Å². The van der Waals surface area contributed by atoms with Crippen molar-refractivity contribution < 1.29 is 22.7 Å². The van der Waals surface area contributed by atoms with Crippen LogP contribution in [0.1, 0.15) is 71.7 Å². The van der Waals surface area contributed by atoms with Gasteiger partial charge in [0.1, 0.15) is 6.10 Å². The molecule has 1 amide bonds. The Labute approximate surface area is 210 Å². The van der Waals surface area contributed by atoms with Gasteiger partial charge in [-0.1, -0.05) is 67.4 Å². The number of amides is 1. The Kier molecular flexibility index (Phi) is 6.91. The summed E-state index contributed by atoms with van der Waals surface area (Å²) in [6.07, 6.45) is -5.77. The number of ether oxygens (including phenoxy) is 1. The second-order valence-corrected chi connectivity index (χ2v) is 10.2. The molecule has 1 fully saturated rings. The molecule has 0 bridgehead atoms. The number of cyclic esters (lactones) is 1. The van der Waals surface area contributed by atoms with E-state index in [1.165, 1.54) is 5.56 Å². The lowest BCUT2D eigenvalue weighted by Gasteiger charge is -2.24. The van der Waals surface area contributed by atoms with Crippen molar-refractivity contribution in [3.8, 4) is 11.1 Å². The van der Waals surface area contributed by atoms with Crippen molar-refractivity contribution >= 4 is 6.09 Å². The smallest absolute Gasteiger partial charge is 0.416 e. The van der Waals surface area contributed by atoms with E-state index in [0.29, 0.717) is 23.6 Å². The number of hydrogen-bond acceptors (Lipinski definition) is 2. The van der Waals surface area contributed by atoms with Crippen LogP contribution in [0.5, 0.6) is 0 Å². The number of carbonyl (C=O) groups excluding carboxylic acids is 1. The molecule has 1 heterocycles. The third kappa shape index (κ3) is 5.13. The van der Waals surface area contributed by atoms with Crippen LogP contribution in [-0.2, 0) is 17.5 Å². The molecule has 0 unspecified atom stereocenters. The highest BCUT2D eigenvalue weighted by molar-refractivity contribution is 5.74. The summed E-state index contributed by atoms with van der Waals surface area (Å²) >= 11 is 0. The molecule has 2 atom stereocenters. The van der Waals surface area contributed by atoms with Crippen LogP contribution < -0.4 is 0 Å². The van der Waals surface area contributed by atoms with Crippen LogP contribution in [0.25, 0.3) is 11.1 Å². The topological polar surface area (TPSA) is 29.5 Å². The van der Waals surface area contributed by atoms with Gasteiger partial charge in [-0.25, -0.2) is 4.79 Å². The van der Waals surface area contributed by atoms with Gasteiger partial charge in [0.2, 0.25) is 0 Å². The van der Waals surface area contributed by atoms with Crippen molar-refractivity contribution in [3.05, 3.63) is 93.5 Å². The van der Waals surface area contributed by atoms with E-state index < -0.39 is 30.0 Å². The first kappa shape index (κ1) is 25.8. The Morgan fingerprint density at radius 2 is 1.64 bits per heavy atom. The second-order valence-electron chi connectivity index (χ2n) is 10.2. The monoisotopic (exact) mass is 495 g/mol. The van der Waals surface area contributed by atoms with E-state index in [1.807, 2.05) is 13.8 Å². The van der Waals surface area contributed by atoms with Gasteiger partial charge >= 0.3 is 12.3 Å². The van der Waals surface area contributed by atoms with Crippen LogP contribution in [0.4, 0.5) is 18.0 Å². The van der Waals surface area contributed by atoms with Crippen molar-refractivity contribution in [3.63, 3.8) is 0 Å². The van der Waals surface area contributed by atoms with Gasteiger partial charge < -0.3 is 4.74 Å². The number of nitrogens with zero attached hydrogens (tertiary/aromatic N) is 1. The molecule has 1 saturated heterocycles. The second kappa shape index (κ2) is 9.64. The quantitative estimate of drug-likeness (QED) is 0.355. The van der Waals surface area contributed by atoms with E-state index in [-0.39, 0.29) is 0 Å². The van der Waals surface area contributed by atoms with E-state index in [9.17, 15) is 18.0 Å². The summed E-state index contributed by atoms with van der Waals surface area (Å²) < 4.78 is 45.9. The highest BCUT2D eigenvalue weighted by Gasteiger charge is 2.41. The lowest BCUT2D eigenvalue weighted by Crippen LogP contribution is -2.31. The standard InChI is InChI=1S/C30H32F3NO2/c1-17(2)22-9-8-20(5)27(15-22)26-10-7-18(3)11-24(26)16-34-21(6)28(36-29(34)35)23-12-19(4)13-25(14-23)30(31,32)33/h7-15,17,21,28H,16H2,1-6H3/t21-,28-/m0/s1. The number of aryl methyl sites for hydroxylation is 3. The highest BCUT2D eigenvalue weighted by Crippen LogP contribution is 2.39. The van der Waals surface area contributed by atoms with Crippen molar-refractivity contribution in [1.82, 2.24) is 4.90 Å². The summed E-state index contributed by atoms with van der Waals surface area (Å²) in [6.45, 7) is 12.1. The predicted octanol–water partition coefficient (Wildman–Crippen LogP) is 8.50. The maximum Gasteiger partial charge on any atom is 0.416 e. The van der Waals surface area contributed by atoms with Crippen molar-refractivity contribution in [1.29, 1.82) is 0 Å². The fraction of sp³-hybridized carbons (Fsp3) is 0.367. The maximum absolute atomic E-state index is 13.4. The minimum Gasteiger partial charge on any atom is -0.439 e. The molecule has 0 saturated carbocycles. The van der Waals surface area contributed by atoms with Crippen LogP contribution in [0, 0.1) is 20.8 Å². The van der Waals surface area contributed by atoms with E-state index in [1.54, 1.807) is 17.9 Å². The van der Waals surface area contributed by atoms with Crippen molar-refractivity contribution in [2.75, 3.05) is 0 Å². The molecule has 190 valence electrons. The predicted molar refractivity (Wildman–Crippen MR) is 136 cm³/mol. The van der Waals surface area contributed by atoms with Gasteiger partial charge in [0, 0.05) is 0 Å². The zero-order valence-electron chi connectivity index (χ0n) is 21.5. The lowest BCUT2D eigenvalue weighted by molar-refractivity contribution is -0.137. The van der Waals surface area contributed by atoms with Crippen molar-refractivity contribution in [2.24, 2.45) is 0 Å². The molecule has 0 aromatic heterocycles. The number of rotatable bonds is 5. The fourth-order valence-electron chi connectivity index (χ4n) is 4.89. The molecule has 0 aliphatic carbocycles. The minimum atomic E-state index is -4.47. The third-order valence-corrected chi connectivity index (χ3v) is 6.97. The van der Waals surface area contributed by atoms with Crippen LogP contribution in [-0.4, -0.2) is 17.0 Å². The summed E-state index contributed by atoms with van der Waals surface area (Å²) in [5, 5.41) is 0. The Balaban J connectivity index is 1.69. The van der Waals surface area contributed by atoms with Crippen LogP contribution in [0.2, 0.25) is 0 Å². The molecule has 4 rings (SSSR count). The molecule has 0 N–H and O–H groups in total. The molecule has 3 aromatic rings. The zero-order chi connectivity index (χ0) is 26.4. The highest BCUT2D eigenvalue weighted by atomic mass is 19.4. The third-order valence-electron chi connectivity index (χ3n) is 6.97. The number of benzene rings is 3.